The van der Waals surface area contributed by atoms with Crippen LogP contribution < -0.4 is 29.6 Å². The Morgan fingerprint density at radius 1 is 0.933 bits per heavy atom. The summed E-state index contributed by atoms with van der Waals surface area (Å²) in [4.78, 5) is 4.29. The first-order valence-electron chi connectivity index (χ1n) is 9.77. The molecule has 164 valence electrons. The van der Waals surface area contributed by atoms with Crippen LogP contribution in [-0.4, -0.2) is 47.0 Å². The van der Waals surface area contributed by atoms with Crippen molar-refractivity contribution in [3.8, 4) is 23.0 Å². The lowest BCUT2D eigenvalue weighted by Crippen LogP contribution is -2.37. The van der Waals surface area contributed by atoms with E-state index >= 15 is 0 Å². The Kier molecular flexibility index (Phi) is 9.85. The number of guanidine groups is 1. The predicted octanol–water partition coefficient (Wildman–Crippen LogP) is 3.39. The van der Waals surface area contributed by atoms with E-state index in [-0.39, 0.29) is 24.0 Å². The Hall–Kier alpha value is -2.36. The zero-order valence-corrected chi connectivity index (χ0v) is 20.0. The zero-order valence-electron chi connectivity index (χ0n) is 17.7. The van der Waals surface area contributed by atoms with E-state index in [1.807, 2.05) is 36.4 Å². The second-order valence-corrected chi connectivity index (χ2v) is 6.62. The van der Waals surface area contributed by atoms with Gasteiger partial charge in [0, 0.05) is 26.6 Å². The van der Waals surface area contributed by atoms with Gasteiger partial charge in [0.15, 0.2) is 29.0 Å². The van der Waals surface area contributed by atoms with Crippen LogP contribution in [0, 0.1) is 0 Å². The molecule has 0 unspecified atom stereocenters. The van der Waals surface area contributed by atoms with E-state index in [4.69, 9.17) is 18.9 Å². The average molecular weight is 527 g/mol. The molecule has 1 aliphatic rings. The van der Waals surface area contributed by atoms with Crippen molar-refractivity contribution in [1.82, 2.24) is 10.6 Å². The lowest BCUT2D eigenvalue weighted by molar-refractivity contribution is 0.297. The molecular formula is C22H30IN3O4. The third-order valence-electron chi connectivity index (χ3n) is 4.65. The molecule has 1 aliphatic heterocycles. The van der Waals surface area contributed by atoms with Crippen LogP contribution in [0.4, 0.5) is 0 Å². The van der Waals surface area contributed by atoms with Gasteiger partial charge in [-0.2, -0.15) is 0 Å². The minimum Gasteiger partial charge on any atom is -0.493 e. The number of nitrogens with zero attached hydrogens (tertiary/aromatic N) is 1. The molecule has 0 atom stereocenters. The van der Waals surface area contributed by atoms with Gasteiger partial charge in [-0.15, -0.1) is 24.0 Å². The van der Waals surface area contributed by atoms with E-state index in [9.17, 15) is 0 Å². The molecule has 0 fully saturated rings. The summed E-state index contributed by atoms with van der Waals surface area (Å²) < 4.78 is 22.1. The highest BCUT2D eigenvalue weighted by Crippen LogP contribution is 2.30. The van der Waals surface area contributed by atoms with Crippen LogP contribution in [0.3, 0.4) is 0 Å². The Morgan fingerprint density at radius 3 is 2.40 bits per heavy atom. The van der Waals surface area contributed by atoms with Crippen LogP contribution in [0.1, 0.15) is 17.5 Å². The van der Waals surface area contributed by atoms with Gasteiger partial charge < -0.3 is 29.6 Å². The van der Waals surface area contributed by atoms with Gasteiger partial charge in [0.1, 0.15) is 0 Å². The van der Waals surface area contributed by atoms with Crippen LogP contribution in [0.25, 0.3) is 0 Å². The number of rotatable bonds is 7. The van der Waals surface area contributed by atoms with E-state index in [1.54, 1.807) is 21.3 Å². The van der Waals surface area contributed by atoms with Crippen molar-refractivity contribution in [2.24, 2.45) is 4.99 Å². The summed E-state index contributed by atoms with van der Waals surface area (Å²) >= 11 is 0. The molecule has 30 heavy (non-hydrogen) atoms. The van der Waals surface area contributed by atoms with Crippen LogP contribution in [0.2, 0.25) is 0 Å². The predicted molar refractivity (Wildman–Crippen MR) is 129 cm³/mol. The van der Waals surface area contributed by atoms with Crippen molar-refractivity contribution >= 4 is 29.9 Å². The van der Waals surface area contributed by atoms with Gasteiger partial charge in [-0.25, -0.2) is 0 Å². The molecule has 2 aromatic carbocycles. The molecule has 0 aromatic heterocycles. The van der Waals surface area contributed by atoms with Crippen LogP contribution in [-0.2, 0) is 13.0 Å². The van der Waals surface area contributed by atoms with Crippen molar-refractivity contribution in [2.45, 2.75) is 19.4 Å². The molecule has 2 N–H and O–H groups in total. The number of benzene rings is 2. The largest absolute Gasteiger partial charge is 0.493 e. The van der Waals surface area contributed by atoms with E-state index < -0.39 is 0 Å². The maximum absolute atomic E-state index is 5.75. The lowest BCUT2D eigenvalue weighted by atomic mass is 10.1. The number of halogens is 1. The van der Waals surface area contributed by atoms with Crippen molar-refractivity contribution < 1.29 is 18.9 Å². The van der Waals surface area contributed by atoms with Crippen LogP contribution >= 0.6 is 24.0 Å². The Balaban J connectivity index is 0.00000320. The average Bonchev–Trinajstić information content (AvgIpc) is 3.00. The number of hydrogen-bond acceptors (Lipinski definition) is 5. The third kappa shape index (κ3) is 6.58. The molecular weight excluding hydrogens is 497 g/mol. The highest BCUT2D eigenvalue weighted by molar-refractivity contribution is 14.0. The first kappa shape index (κ1) is 23.9. The molecule has 2 aromatic rings. The van der Waals surface area contributed by atoms with Crippen molar-refractivity contribution in [2.75, 3.05) is 41.0 Å². The van der Waals surface area contributed by atoms with Gasteiger partial charge in [0.05, 0.1) is 27.4 Å². The zero-order chi connectivity index (χ0) is 20.5. The molecule has 0 saturated heterocycles. The highest BCUT2D eigenvalue weighted by atomic mass is 127. The molecule has 0 amide bonds. The first-order valence-corrected chi connectivity index (χ1v) is 9.77. The summed E-state index contributed by atoms with van der Waals surface area (Å²) in [6.45, 7) is 2.77. The summed E-state index contributed by atoms with van der Waals surface area (Å²) in [6, 6.07) is 12.0. The normalized spacial score (nSPS) is 13.0. The monoisotopic (exact) mass is 527 g/mol. The maximum atomic E-state index is 5.75. The van der Waals surface area contributed by atoms with Gasteiger partial charge in [-0.05, 0) is 41.8 Å². The topological polar surface area (TPSA) is 73.3 Å². The number of aliphatic imine (C=N–C) groups is 1. The molecule has 3 rings (SSSR count). The Morgan fingerprint density at radius 2 is 1.67 bits per heavy atom. The molecule has 0 spiro atoms. The number of fused-ring (bicyclic) bond motifs is 1. The first-order chi connectivity index (χ1) is 14.2. The van der Waals surface area contributed by atoms with Crippen molar-refractivity contribution in [3.05, 3.63) is 47.5 Å². The lowest BCUT2D eigenvalue weighted by Gasteiger charge is -2.14. The number of hydrogen-bond donors (Lipinski definition) is 2. The minimum atomic E-state index is 0. The maximum Gasteiger partial charge on any atom is 0.191 e. The van der Waals surface area contributed by atoms with Gasteiger partial charge >= 0.3 is 0 Å². The molecule has 0 aliphatic carbocycles. The summed E-state index contributed by atoms with van der Waals surface area (Å²) in [6.07, 6.45) is 1.74. The molecule has 8 heteroatoms. The fourth-order valence-electron chi connectivity index (χ4n) is 3.09. The molecule has 7 nitrogen and oxygen atoms in total. The van der Waals surface area contributed by atoms with E-state index in [2.05, 4.69) is 15.6 Å². The van der Waals surface area contributed by atoms with E-state index in [0.29, 0.717) is 19.8 Å². The summed E-state index contributed by atoms with van der Waals surface area (Å²) in [5.41, 5.74) is 2.27. The second kappa shape index (κ2) is 12.4. The van der Waals surface area contributed by atoms with E-state index in [0.717, 1.165) is 59.5 Å². The Bertz CT molecular complexity index is 845. The smallest absolute Gasteiger partial charge is 0.191 e. The molecule has 0 saturated carbocycles. The van der Waals surface area contributed by atoms with Gasteiger partial charge in [0.2, 0.25) is 0 Å². The van der Waals surface area contributed by atoms with Crippen LogP contribution in [0.5, 0.6) is 23.0 Å². The quantitative estimate of drug-likeness (QED) is 0.327. The van der Waals surface area contributed by atoms with Crippen molar-refractivity contribution in [1.29, 1.82) is 0 Å². The van der Waals surface area contributed by atoms with Gasteiger partial charge in [-0.3, -0.25) is 4.99 Å². The SMILES string of the molecule is CN=C(NCCc1ccc(OC)c(OC)c1)NCc1ccc2c(c1)OCCCO2.I. The summed E-state index contributed by atoms with van der Waals surface area (Å²) in [5, 5.41) is 6.67. The molecule has 1 heterocycles. The highest BCUT2D eigenvalue weighted by Gasteiger charge is 2.11. The Labute approximate surface area is 195 Å². The van der Waals surface area contributed by atoms with Gasteiger partial charge in [-0.1, -0.05) is 12.1 Å². The molecule has 0 bridgehead atoms. The fraction of sp³-hybridized carbons (Fsp3) is 0.409. The third-order valence-corrected chi connectivity index (χ3v) is 4.65. The van der Waals surface area contributed by atoms with Crippen molar-refractivity contribution in [3.63, 3.8) is 0 Å². The standard InChI is InChI=1S/C22H29N3O4.HI/c1-23-22(24-10-9-16-5-7-18(26-2)20(13-16)27-3)25-15-17-6-8-19-21(14-17)29-12-4-11-28-19;/h5-8,13-14H,4,9-12,15H2,1-3H3,(H2,23,24,25);1H. The summed E-state index contributed by atoms with van der Waals surface area (Å²) in [5.74, 6) is 3.83. The number of nitrogens with one attached hydrogen (secondary N) is 2. The summed E-state index contributed by atoms with van der Waals surface area (Å²) in [7, 11) is 5.04. The van der Waals surface area contributed by atoms with E-state index in [1.165, 1.54) is 0 Å². The fourth-order valence-corrected chi connectivity index (χ4v) is 3.09. The number of methoxy groups -OCH3 is 2. The van der Waals surface area contributed by atoms with Gasteiger partial charge in [0.25, 0.3) is 0 Å². The second-order valence-electron chi connectivity index (χ2n) is 6.62. The molecule has 0 radical (unpaired) electrons. The number of ether oxygens (including phenoxy) is 4. The minimum absolute atomic E-state index is 0. The van der Waals surface area contributed by atoms with Crippen LogP contribution in [0.15, 0.2) is 41.4 Å².